The topological polar surface area (TPSA) is 71.1 Å². The highest BCUT2D eigenvalue weighted by atomic mass is 16.8. The second-order valence-electron chi connectivity index (χ2n) is 11.6. The van der Waals surface area contributed by atoms with E-state index >= 15 is 0 Å². The number of hydrogen-bond acceptors (Lipinski definition) is 6. The Hall–Kier alpha value is -2.90. The molecule has 3 aliphatic heterocycles. The van der Waals surface area contributed by atoms with Crippen molar-refractivity contribution in [3.63, 3.8) is 0 Å². The zero-order chi connectivity index (χ0) is 28.0. The Balaban J connectivity index is 1.37. The first-order valence-corrected chi connectivity index (χ1v) is 15.2. The number of carbonyl (C=O) groups is 2. The van der Waals surface area contributed by atoms with E-state index < -0.39 is 24.5 Å². The van der Waals surface area contributed by atoms with Crippen LogP contribution in [0.4, 0.5) is 4.79 Å². The smallest absolute Gasteiger partial charge is 0.459 e. The summed E-state index contributed by atoms with van der Waals surface area (Å²) in [7, 11) is 0. The minimum atomic E-state index is -1.59. The molecule has 40 heavy (non-hydrogen) atoms. The lowest BCUT2D eigenvalue weighted by Crippen LogP contribution is -2.60. The van der Waals surface area contributed by atoms with Gasteiger partial charge in [-0.1, -0.05) is 80.9 Å². The first-order chi connectivity index (χ1) is 19.5. The molecule has 3 unspecified atom stereocenters. The number of hydrogen-bond donors (Lipinski definition) is 0. The van der Waals surface area contributed by atoms with E-state index in [2.05, 4.69) is 0 Å². The third kappa shape index (κ3) is 5.64. The largest absolute Gasteiger partial charge is 0.510 e. The predicted molar refractivity (Wildman–Crippen MR) is 151 cm³/mol. The van der Waals surface area contributed by atoms with Gasteiger partial charge >= 0.3 is 12.1 Å². The number of benzene rings is 2. The molecule has 1 spiro atoms. The number of esters is 1. The van der Waals surface area contributed by atoms with Crippen LogP contribution in [0.5, 0.6) is 0 Å². The first kappa shape index (κ1) is 28.6. The fraction of sp³-hybridized carbons (Fsp3) is 0.576. The first-order valence-electron chi connectivity index (χ1n) is 15.2. The zero-order valence-corrected chi connectivity index (χ0v) is 24.0. The van der Waals surface area contributed by atoms with E-state index in [-0.39, 0.29) is 12.2 Å². The maximum absolute atomic E-state index is 14.3. The molecule has 7 heteroatoms. The van der Waals surface area contributed by atoms with E-state index in [1.807, 2.05) is 74.5 Å². The Bertz CT molecular complexity index is 1060. The van der Waals surface area contributed by atoms with E-state index in [4.69, 9.17) is 18.9 Å². The highest BCUT2D eigenvalue weighted by Crippen LogP contribution is 2.47. The summed E-state index contributed by atoms with van der Waals surface area (Å²) in [5.41, 5.74) is -0.336. The molecular formula is C33H44NO6+. The normalized spacial score (nSPS) is 24.0. The van der Waals surface area contributed by atoms with Gasteiger partial charge in [0.15, 0.2) is 6.79 Å². The van der Waals surface area contributed by atoms with E-state index in [1.165, 1.54) is 43.3 Å². The second kappa shape index (κ2) is 12.7. The minimum Gasteiger partial charge on any atom is -0.459 e. The molecule has 3 aliphatic rings. The molecule has 0 aliphatic carbocycles. The van der Waals surface area contributed by atoms with Crippen molar-refractivity contribution in [1.29, 1.82) is 0 Å². The van der Waals surface area contributed by atoms with Crippen LogP contribution in [0.3, 0.4) is 0 Å². The van der Waals surface area contributed by atoms with Crippen LogP contribution in [0.25, 0.3) is 0 Å². The molecule has 2 aromatic rings. The lowest BCUT2D eigenvalue weighted by Gasteiger charge is -2.47. The monoisotopic (exact) mass is 550 g/mol. The maximum Gasteiger partial charge on any atom is 0.510 e. The Morgan fingerprint density at radius 2 is 1.48 bits per heavy atom. The highest BCUT2D eigenvalue weighted by Gasteiger charge is 2.57. The molecule has 3 atom stereocenters. The third-order valence-electron chi connectivity index (χ3n) is 9.46. The molecule has 2 aromatic carbocycles. The van der Waals surface area contributed by atoms with Gasteiger partial charge in [0, 0.05) is 38.5 Å². The average molecular weight is 551 g/mol. The number of rotatable bonds is 11. The number of nitrogens with zero attached hydrogens (tertiary/aromatic N) is 1. The maximum atomic E-state index is 14.3. The van der Waals surface area contributed by atoms with Crippen molar-refractivity contribution in [3.8, 4) is 0 Å². The van der Waals surface area contributed by atoms with Gasteiger partial charge in [-0.25, -0.2) is 9.59 Å². The molecule has 0 aromatic heterocycles. The van der Waals surface area contributed by atoms with Crippen molar-refractivity contribution >= 4 is 12.1 Å². The van der Waals surface area contributed by atoms with E-state index in [0.717, 1.165) is 25.7 Å². The van der Waals surface area contributed by atoms with Gasteiger partial charge in [0.25, 0.3) is 0 Å². The minimum absolute atomic E-state index is 0.157. The van der Waals surface area contributed by atoms with Gasteiger partial charge in [-0.2, -0.15) is 0 Å². The molecule has 0 amide bonds. The summed E-state index contributed by atoms with van der Waals surface area (Å²) in [5.74, 6) is -0.474. The molecule has 216 valence electrons. The molecule has 0 radical (unpaired) electrons. The summed E-state index contributed by atoms with van der Waals surface area (Å²) in [6.45, 7) is 6.10. The summed E-state index contributed by atoms with van der Waals surface area (Å²) >= 11 is 0. The van der Waals surface area contributed by atoms with Crippen molar-refractivity contribution < 1.29 is 33.0 Å². The van der Waals surface area contributed by atoms with Gasteiger partial charge in [-0.15, -0.1) is 0 Å². The van der Waals surface area contributed by atoms with Crippen molar-refractivity contribution in [2.24, 2.45) is 0 Å². The van der Waals surface area contributed by atoms with Crippen molar-refractivity contribution in [2.45, 2.75) is 102 Å². The molecule has 3 heterocycles. The molecule has 3 saturated heterocycles. The van der Waals surface area contributed by atoms with Crippen LogP contribution in [0, 0.1) is 0 Å². The summed E-state index contributed by atoms with van der Waals surface area (Å²) in [6, 6.07) is 19.8. The van der Waals surface area contributed by atoms with E-state index in [1.54, 1.807) is 0 Å². The van der Waals surface area contributed by atoms with E-state index in [9.17, 15) is 9.59 Å². The Kier molecular flexibility index (Phi) is 9.11. The van der Waals surface area contributed by atoms with Crippen LogP contribution < -0.4 is 0 Å². The third-order valence-corrected chi connectivity index (χ3v) is 9.46. The Labute approximate surface area is 238 Å². The number of quaternary nitrogens is 1. The van der Waals surface area contributed by atoms with Crippen LogP contribution in [0.15, 0.2) is 60.7 Å². The summed E-state index contributed by atoms with van der Waals surface area (Å²) < 4.78 is 24.8. The van der Waals surface area contributed by atoms with Crippen molar-refractivity contribution in [1.82, 2.24) is 0 Å². The van der Waals surface area contributed by atoms with Gasteiger partial charge in [0.1, 0.15) is 12.2 Å². The Morgan fingerprint density at radius 3 is 2.00 bits per heavy atom. The van der Waals surface area contributed by atoms with Gasteiger partial charge in [-0.05, 0) is 24.0 Å². The lowest BCUT2D eigenvalue weighted by molar-refractivity contribution is -0.956. The summed E-state index contributed by atoms with van der Waals surface area (Å²) in [4.78, 5) is 26.8. The standard InChI is InChI=1S/C33H44NO6/c1-3-13-29(4-2)40-32(36)37-24-38-33(25-14-7-5-8-15-25,26-16-9-6-10-17-26)31(35)39-30-22-27-18-19-28(23-30)34(27)20-11-12-21-34/h5-10,14-17,27-30H,3-4,11-13,18-24H2,1-2H3/q+1. The van der Waals surface area contributed by atoms with Gasteiger partial charge in [0.2, 0.25) is 5.60 Å². The van der Waals surface area contributed by atoms with Crippen molar-refractivity contribution in [3.05, 3.63) is 71.8 Å². The molecule has 3 fully saturated rings. The van der Waals surface area contributed by atoms with Crippen LogP contribution >= 0.6 is 0 Å². The van der Waals surface area contributed by atoms with Crippen LogP contribution in [-0.2, 0) is 29.3 Å². The summed E-state index contributed by atoms with van der Waals surface area (Å²) in [5, 5.41) is 0. The average Bonchev–Trinajstić information content (AvgIpc) is 3.52. The van der Waals surface area contributed by atoms with Crippen LogP contribution in [0.2, 0.25) is 0 Å². The van der Waals surface area contributed by atoms with E-state index in [0.29, 0.717) is 29.6 Å². The fourth-order valence-corrected chi connectivity index (χ4v) is 7.52. The zero-order valence-electron chi connectivity index (χ0n) is 24.0. The predicted octanol–water partition coefficient (Wildman–Crippen LogP) is 6.48. The number of piperidine rings is 1. The molecule has 0 saturated carbocycles. The quantitative estimate of drug-likeness (QED) is 0.181. The highest BCUT2D eigenvalue weighted by molar-refractivity contribution is 5.86. The second-order valence-corrected chi connectivity index (χ2v) is 11.6. The molecule has 0 N–H and O–H groups in total. The SMILES string of the molecule is CCCC(CC)OC(=O)OCOC(C(=O)OC1CC2CCC(C1)[N+]21CCCC1)(c1ccccc1)c1ccccc1. The van der Waals surface area contributed by atoms with Gasteiger partial charge < -0.3 is 23.4 Å². The van der Waals surface area contributed by atoms with Crippen LogP contribution in [-0.4, -0.2) is 60.8 Å². The van der Waals surface area contributed by atoms with Gasteiger partial charge in [-0.3, -0.25) is 0 Å². The molecule has 7 nitrogen and oxygen atoms in total. The molecular weight excluding hydrogens is 506 g/mol. The lowest BCUT2D eigenvalue weighted by atomic mass is 9.85. The van der Waals surface area contributed by atoms with Crippen molar-refractivity contribution in [2.75, 3.05) is 19.9 Å². The van der Waals surface area contributed by atoms with Gasteiger partial charge in [0.05, 0.1) is 25.2 Å². The Morgan fingerprint density at radius 1 is 0.900 bits per heavy atom. The molecule has 5 rings (SSSR count). The number of carbonyl (C=O) groups excluding carboxylic acids is 2. The number of ether oxygens (including phenoxy) is 4. The fourth-order valence-electron chi connectivity index (χ4n) is 7.52. The molecule has 2 bridgehead atoms. The van der Waals surface area contributed by atoms with Crippen LogP contribution in [0.1, 0.15) is 82.8 Å². The summed E-state index contributed by atoms with van der Waals surface area (Å²) in [6.07, 6.45) is 8.02.